The van der Waals surface area contributed by atoms with Gasteiger partial charge in [0.25, 0.3) is 0 Å². The number of carbonyl (C=O) groups is 1. The summed E-state index contributed by atoms with van der Waals surface area (Å²) in [6.45, 7) is 6.53. The molecule has 2 rings (SSSR count). The molecule has 3 nitrogen and oxygen atoms in total. The van der Waals surface area contributed by atoms with Gasteiger partial charge >= 0.3 is 0 Å². The van der Waals surface area contributed by atoms with E-state index in [0.717, 1.165) is 5.56 Å². The number of nitrogens with zero attached hydrogens (tertiary/aromatic N) is 2. The van der Waals surface area contributed by atoms with Gasteiger partial charge in [-0.1, -0.05) is 45.0 Å². The highest BCUT2D eigenvalue weighted by Gasteiger charge is 2.13. The minimum Gasteiger partial charge on any atom is -0.294 e. The molecular weight excluding hydrogens is 236 g/mol. The number of aromatic nitrogens is 2. The predicted molar refractivity (Wildman–Crippen MR) is 75.2 cm³/mol. The van der Waals surface area contributed by atoms with E-state index in [0.29, 0.717) is 12.0 Å². The number of Topliss-reactive ketones (excluding diaryl/α,β-unsaturated/α-hetero) is 1. The maximum Gasteiger partial charge on any atom is 0.170 e. The molecule has 0 atom stereocenters. The van der Waals surface area contributed by atoms with Gasteiger partial charge in [0.1, 0.15) is 6.33 Å². The highest BCUT2D eigenvalue weighted by Crippen LogP contribution is 2.22. The molecule has 0 spiro atoms. The molecule has 0 saturated carbocycles. The van der Waals surface area contributed by atoms with Crippen molar-refractivity contribution in [2.75, 3.05) is 0 Å². The Morgan fingerprint density at radius 2 is 1.63 bits per heavy atom. The minimum atomic E-state index is 0.0455. The summed E-state index contributed by atoms with van der Waals surface area (Å²) in [6, 6.07) is 8.21. The van der Waals surface area contributed by atoms with Crippen molar-refractivity contribution in [3.8, 4) is 0 Å². The van der Waals surface area contributed by atoms with Crippen molar-refractivity contribution in [2.24, 2.45) is 0 Å². The Morgan fingerprint density at radius 3 is 2.16 bits per heavy atom. The van der Waals surface area contributed by atoms with E-state index >= 15 is 0 Å². The third-order valence-corrected chi connectivity index (χ3v) is 3.07. The van der Waals surface area contributed by atoms with Gasteiger partial charge in [0.05, 0.1) is 5.56 Å². The Labute approximate surface area is 113 Å². The van der Waals surface area contributed by atoms with Crippen LogP contribution in [0.15, 0.2) is 43.0 Å². The molecule has 1 aromatic carbocycles. The number of rotatable bonds is 3. The molecule has 2 aromatic rings. The summed E-state index contributed by atoms with van der Waals surface area (Å²) < 4.78 is 0. The van der Waals surface area contributed by atoms with Crippen LogP contribution in [0, 0.1) is 0 Å². The highest BCUT2D eigenvalue weighted by molar-refractivity contribution is 5.96. The molecule has 0 radical (unpaired) electrons. The van der Waals surface area contributed by atoms with Gasteiger partial charge in [0, 0.05) is 18.8 Å². The smallest absolute Gasteiger partial charge is 0.170 e. The third kappa shape index (κ3) is 3.47. The average Bonchev–Trinajstić information content (AvgIpc) is 2.39. The normalized spacial score (nSPS) is 11.3. The second-order valence-corrected chi connectivity index (χ2v) is 5.67. The molecular formula is C16H18N2O. The fraction of sp³-hybridized carbons (Fsp3) is 0.312. The van der Waals surface area contributed by atoms with E-state index in [1.54, 1.807) is 12.4 Å². The van der Waals surface area contributed by atoms with Crippen LogP contribution in [0.25, 0.3) is 0 Å². The van der Waals surface area contributed by atoms with Gasteiger partial charge in [-0.2, -0.15) is 0 Å². The molecule has 0 fully saturated rings. The minimum absolute atomic E-state index is 0.0455. The van der Waals surface area contributed by atoms with Crippen LogP contribution in [0.4, 0.5) is 0 Å². The summed E-state index contributed by atoms with van der Waals surface area (Å²) in [6.07, 6.45) is 4.92. The highest BCUT2D eigenvalue weighted by atomic mass is 16.1. The van der Waals surface area contributed by atoms with Crippen molar-refractivity contribution in [3.63, 3.8) is 0 Å². The Hall–Kier alpha value is -2.03. The van der Waals surface area contributed by atoms with E-state index in [4.69, 9.17) is 0 Å². The van der Waals surface area contributed by atoms with Gasteiger partial charge < -0.3 is 0 Å². The van der Waals surface area contributed by atoms with Crippen LogP contribution in [0.3, 0.4) is 0 Å². The zero-order valence-corrected chi connectivity index (χ0v) is 11.6. The Morgan fingerprint density at radius 1 is 1.05 bits per heavy atom. The standard InChI is InChI=1S/C16H18N2O/c1-16(2,3)14-6-4-12(5-7-14)8-15(19)13-9-17-11-18-10-13/h4-7,9-11H,8H2,1-3H3. The second kappa shape index (κ2) is 5.31. The van der Waals surface area contributed by atoms with E-state index in [9.17, 15) is 4.79 Å². The van der Waals surface area contributed by atoms with Gasteiger partial charge in [-0.05, 0) is 16.5 Å². The number of carbonyl (C=O) groups excluding carboxylic acids is 1. The zero-order valence-electron chi connectivity index (χ0n) is 11.6. The van der Waals surface area contributed by atoms with Crippen molar-refractivity contribution in [1.82, 2.24) is 9.97 Å². The lowest BCUT2D eigenvalue weighted by Gasteiger charge is -2.19. The molecule has 0 aliphatic carbocycles. The average molecular weight is 254 g/mol. The first-order chi connectivity index (χ1) is 8.97. The number of hydrogen-bond acceptors (Lipinski definition) is 3. The van der Waals surface area contributed by atoms with E-state index in [1.807, 2.05) is 12.1 Å². The van der Waals surface area contributed by atoms with Gasteiger partial charge in [-0.25, -0.2) is 9.97 Å². The summed E-state index contributed by atoms with van der Waals surface area (Å²) in [5, 5.41) is 0. The summed E-state index contributed by atoms with van der Waals surface area (Å²) in [7, 11) is 0. The molecule has 0 aliphatic heterocycles. The molecule has 0 bridgehead atoms. The van der Waals surface area contributed by atoms with Crippen molar-refractivity contribution in [3.05, 3.63) is 59.7 Å². The van der Waals surface area contributed by atoms with Crippen LogP contribution in [-0.4, -0.2) is 15.8 Å². The topological polar surface area (TPSA) is 42.9 Å². The van der Waals surface area contributed by atoms with Gasteiger partial charge in [0.2, 0.25) is 0 Å². The van der Waals surface area contributed by atoms with Crippen LogP contribution >= 0.6 is 0 Å². The first-order valence-electron chi connectivity index (χ1n) is 6.34. The summed E-state index contributed by atoms with van der Waals surface area (Å²) in [5.41, 5.74) is 2.98. The van der Waals surface area contributed by atoms with Crippen LogP contribution in [0.2, 0.25) is 0 Å². The SMILES string of the molecule is CC(C)(C)c1ccc(CC(=O)c2cncnc2)cc1. The Bertz CT molecular complexity index is 554. The first kappa shape index (κ1) is 13.4. The first-order valence-corrected chi connectivity index (χ1v) is 6.34. The van der Waals surface area contributed by atoms with E-state index in [1.165, 1.54) is 11.9 Å². The van der Waals surface area contributed by atoms with Gasteiger partial charge in [-0.3, -0.25) is 4.79 Å². The van der Waals surface area contributed by atoms with Crippen LogP contribution in [0.5, 0.6) is 0 Å². The summed E-state index contributed by atoms with van der Waals surface area (Å²) in [5.74, 6) is 0.0455. The zero-order chi connectivity index (χ0) is 13.9. The molecule has 1 heterocycles. The van der Waals surface area contributed by atoms with E-state index in [-0.39, 0.29) is 11.2 Å². The third-order valence-electron chi connectivity index (χ3n) is 3.07. The summed E-state index contributed by atoms with van der Waals surface area (Å²) in [4.78, 5) is 19.7. The maximum absolute atomic E-state index is 12.0. The van der Waals surface area contributed by atoms with Crippen molar-refractivity contribution < 1.29 is 4.79 Å². The molecule has 19 heavy (non-hydrogen) atoms. The van der Waals surface area contributed by atoms with Crippen LogP contribution in [0.1, 0.15) is 42.3 Å². The van der Waals surface area contributed by atoms with E-state index < -0.39 is 0 Å². The lowest BCUT2D eigenvalue weighted by atomic mass is 9.86. The molecule has 3 heteroatoms. The van der Waals surface area contributed by atoms with Crippen LogP contribution in [-0.2, 0) is 11.8 Å². The van der Waals surface area contributed by atoms with Crippen LogP contribution < -0.4 is 0 Å². The van der Waals surface area contributed by atoms with Crippen molar-refractivity contribution >= 4 is 5.78 Å². The van der Waals surface area contributed by atoms with Crippen molar-refractivity contribution in [2.45, 2.75) is 32.6 Å². The van der Waals surface area contributed by atoms with Gasteiger partial charge in [0.15, 0.2) is 5.78 Å². The number of hydrogen-bond donors (Lipinski definition) is 0. The maximum atomic E-state index is 12.0. The van der Waals surface area contributed by atoms with Gasteiger partial charge in [-0.15, -0.1) is 0 Å². The lowest BCUT2D eigenvalue weighted by molar-refractivity contribution is 0.0992. The Balaban J connectivity index is 2.10. The quantitative estimate of drug-likeness (QED) is 0.790. The molecule has 98 valence electrons. The number of benzene rings is 1. The molecule has 0 amide bonds. The fourth-order valence-electron chi connectivity index (χ4n) is 1.85. The van der Waals surface area contributed by atoms with Crippen molar-refractivity contribution in [1.29, 1.82) is 0 Å². The second-order valence-electron chi connectivity index (χ2n) is 5.67. The van der Waals surface area contributed by atoms with E-state index in [2.05, 4.69) is 42.9 Å². The molecule has 0 N–H and O–H groups in total. The lowest BCUT2D eigenvalue weighted by Crippen LogP contribution is -2.11. The molecule has 0 saturated heterocycles. The largest absolute Gasteiger partial charge is 0.294 e. The molecule has 0 aliphatic rings. The Kier molecular flexibility index (Phi) is 3.74. The molecule has 1 aromatic heterocycles. The fourth-order valence-corrected chi connectivity index (χ4v) is 1.85. The summed E-state index contributed by atoms with van der Waals surface area (Å²) >= 11 is 0. The molecule has 0 unspecified atom stereocenters. The number of ketones is 1. The monoisotopic (exact) mass is 254 g/mol. The predicted octanol–water partition coefficient (Wildman–Crippen LogP) is 3.20.